The van der Waals surface area contributed by atoms with Crippen LogP contribution in [-0.4, -0.2) is 36.0 Å². The van der Waals surface area contributed by atoms with Gasteiger partial charge in [-0.05, 0) is 57.4 Å². The molecule has 0 bridgehead atoms. The standard InChI is InChI=1S/C26H32N4O3/c1-16(2)28-26(31)29-18-8-6-17(7-9-18)25-24(27)22-11-10-20(33-21-12-13-32-15-21)14-23(22)30(25)19-4-3-5-19/h6-11,14,16,19,21H,3-5,12-13,15,27H2,1-2H3,(H2,28,29,31). The Morgan fingerprint density at radius 2 is 1.94 bits per heavy atom. The van der Waals surface area contributed by atoms with Crippen LogP contribution in [0.1, 0.15) is 45.6 Å². The SMILES string of the molecule is CC(C)NC(=O)Nc1ccc(-c2c(N)c3ccc(OC4CCOC4)cc3n2C2CCC2)cc1. The summed E-state index contributed by atoms with van der Waals surface area (Å²) in [6.07, 6.45) is 4.55. The fourth-order valence-corrected chi connectivity index (χ4v) is 4.65. The van der Waals surface area contributed by atoms with Crippen molar-refractivity contribution in [3.63, 3.8) is 0 Å². The van der Waals surface area contributed by atoms with Crippen molar-refractivity contribution in [2.24, 2.45) is 0 Å². The van der Waals surface area contributed by atoms with Gasteiger partial charge in [0.2, 0.25) is 0 Å². The number of aromatic nitrogens is 1. The van der Waals surface area contributed by atoms with E-state index >= 15 is 0 Å². The van der Waals surface area contributed by atoms with Crippen molar-refractivity contribution in [3.05, 3.63) is 42.5 Å². The number of nitrogen functional groups attached to an aromatic ring is 1. The van der Waals surface area contributed by atoms with Crippen molar-refractivity contribution in [1.29, 1.82) is 0 Å². The van der Waals surface area contributed by atoms with E-state index < -0.39 is 0 Å². The molecule has 1 saturated heterocycles. The molecule has 2 fully saturated rings. The summed E-state index contributed by atoms with van der Waals surface area (Å²) in [4.78, 5) is 12.0. The van der Waals surface area contributed by atoms with Gasteiger partial charge in [0.1, 0.15) is 11.9 Å². The van der Waals surface area contributed by atoms with E-state index in [1.807, 2.05) is 44.2 Å². The van der Waals surface area contributed by atoms with Gasteiger partial charge in [-0.25, -0.2) is 4.79 Å². The number of amides is 2. The zero-order chi connectivity index (χ0) is 22.9. The van der Waals surface area contributed by atoms with Gasteiger partial charge in [0, 0.05) is 41.2 Å². The lowest BCUT2D eigenvalue weighted by Gasteiger charge is -2.30. The molecule has 1 saturated carbocycles. The van der Waals surface area contributed by atoms with Crippen molar-refractivity contribution in [2.45, 2.75) is 57.7 Å². The first-order chi connectivity index (χ1) is 16.0. The maximum absolute atomic E-state index is 12.0. The number of ether oxygens (including phenoxy) is 2. The molecule has 33 heavy (non-hydrogen) atoms. The van der Waals surface area contributed by atoms with Crippen molar-refractivity contribution >= 4 is 28.3 Å². The summed E-state index contributed by atoms with van der Waals surface area (Å²) in [5, 5.41) is 6.77. The van der Waals surface area contributed by atoms with Crippen LogP contribution >= 0.6 is 0 Å². The second-order valence-electron chi connectivity index (χ2n) is 9.33. The minimum Gasteiger partial charge on any atom is -0.488 e. The van der Waals surface area contributed by atoms with Crippen LogP contribution in [0.5, 0.6) is 5.75 Å². The Morgan fingerprint density at radius 1 is 1.15 bits per heavy atom. The molecule has 0 radical (unpaired) electrons. The summed E-state index contributed by atoms with van der Waals surface area (Å²) in [5.41, 5.74) is 11.4. The number of hydrogen-bond donors (Lipinski definition) is 3. The van der Waals surface area contributed by atoms with Crippen LogP contribution in [0.3, 0.4) is 0 Å². The number of fused-ring (bicyclic) bond motifs is 1. The monoisotopic (exact) mass is 448 g/mol. The number of nitrogens with two attached hydrogens (primary N) is 1. The van der Waals surface area contributed by atoms with Gasteiger partial charge >= 0.3 is 6.03 Å². The van der Waals surface area contributed by atoms with E-state index in [0.717, 1.165) is 65.2 Å². The predicted molar refractivity (Wildman–Crippen MR) is 132 cm³/mol. The Balaban J connectivity index is 1.49. The first-order valence-corrected chi connectivity index (χ1v) is 11.9. The molecule has 2 heterocycles. The fraction of sp³-hybridized carbons (Fsp3) is 0.423. The average Bonchev–Trinajstić information content (AvgIpc) is 3.34. The summed E-state index contributed by atoms with van der Waals surface area (Å²) in [5.74, 6) is 0.860. The minimum atomic E-state index is -0.207. The lowest BCUT2D eigenvalue weighted by Crippen LogP contribution is -2.34. The maximum Gasteiger partial charge on any atom is 0.319 e. The van der Waals surface area contributed by atoms with Gasteiger partial charge in [-0.3, -0.25) is 0 Å². The number of urea groups is 1. The second-order valence-corrected chi connectivity index (χ2v) is 9.33. The topological polar surface area (TPSA) is 90.5 Å². The Kier molecular flexibility index (Phi) is 5.89. The van der Waals surface area contributed by atoms with Gasteiger partial charge in [-0.2, -0.15) is 0 Å². The highest BCUT2D eigenvalue weighted by molar-refractivity contribution is 6.02. The molecule has 7 nitrogen and oxygen atoms in total. The zero-order valence-corrected chi connectivity index (χ0v) is 19.3. The summed E-state index contributed by atoms with van der Waals surface area (Å²) in [6, 6.07) is 14.4. The molecule has 1 aromatic heterocycles. The molecule has 2 amide bonds. The molecule has 1 aliphatic heterocycles. The number of carbonyl (C=O) groups is 1. The molecular formula is C26H32N4O3. The normalized spacial score (nSPS) is 18.5. The van der Waals surface area contributed by atoms with Gasteiger partial charge in [-0.1, -0.05) is 12.1 Å². The third-order valence-corrected chi connectivity index (χ3v) is 6.48. The number of anilines is 2. The summed E-state index contributed by atoms with van der Waals surface area (Å²) in [6.45, 7) is 5.27. The number of carbonyl (C=O) groups excluding carboxylic acids is 1. The number of nitrogens with one attached hydrogen (secondary N) is 2. The Labute approximate surface area is 194 Å². The van der Waals surface area contributed by atoms with E-state index in [1.165, 1.54) is 6.42 Å². The van der Waals surface area contributed by atoms with Crippen LogP contribution in [0.25, 0.3) is 22.2 Å². The third-order valence-electron chi connectivity index (χ3n) is 6.48. The van der Waals surface area contributed by atoms with Crippen LogP contribution in [0, 0.1) is 0 Å². The molecule has 174 valence electrons. The summed E-state index contributed by atoms with van der Waals surface area (Å²) < 4.78 is 14.0. The molecule has 4 N–H and O–H groups in total. The van der Waals surface area contributed by atoms with Crippen LogP contribution in [0.15, 0.2) is 42.5 Å². The van der Waals surface area contributed by atoms with E-state index in [1.54, 1.807) is 0 Å². The third kappa shape index (κ3) is 4.37. The smallest absolute Gasteiger partial charge is 0.319 e. The van der Waals surface area contributed by atoms with Gasteiger partial charge < -0.3 is 30.4 Å². The Morgan fingerprint density at radius 3 is 2.58 bits per heavy atom. The molecular weight excluding hydrogens is 416 g/mol. The maximum atomic E-state index is 12.0. The molecule has 0 spiro atoms. The highest BCUT2D eigenvalue weighted by atomic mass is 16.5. The predicted octanol–water partition coefficient (Wildman–Crippen LogP) is 5.31. The van der Waals surface area contributed by atoms with Crippen molar-refractivity contribution in [1.82, 2.24) is 9.88 Å². The van der Waals surface area contributed by atoms with E-state index in [4.69, 9.17) is 15.2 Å². The molecule has 1 unspecified atom stereocenters. The summed E-state index contributed by atoms with van der Waals surface area (Å²) >= 11 is 0. The largest absolute Gasteiger partial charge is 0.488 e. The first-order valence-electron chi connectivity index (χ1n) is 11.9. The Bertz CT molecular complexity index is 1140. The molecule has 5 rings (SSSR count). The lowest BCUT2D eigenvalue weighted by atomic mass is 9.92. The number of hydrogen-bond acceptors (Lipinski definition) is 4. The van der Waals surface area contributed by atoms with Gasteiger partial charge in [0.05, 0.1) is 30.1 Å². The number of benzene rings is 2. The van der Waals surface area contributed by atoms with E-state index in [2.05, 4.69) is 27.3 Å². The highest BCUT2D eigenvalue weighted by Gasteiger charge is 2.27. The quantitative estimate of drug-likeness (QED) is 0.476. The van der Waals surface area contributed by atoms with Gasteiger partial charge in [-0.15, -0.1) is 0 Å². The highest BCUT2D eigenvalue weighted by Crippen LogP contribution is 2.45. The van der Waals surface area contributed by atoms with E-state index in [0.29, 0.717) is 12.6 Å². The molecule has 7 heteroatoms. The van der Waals surface area contributed by atoms with E-state index in [9.17, 15) is 4.79 Å². The molecule has 3 aromatic rings. The molecule has 1 atom stereocenters. The molecule has 2 aliphatic rings. The van der Waals surface area contributed by atoms with Gasteiger partial charge in [0.15, 0.2) is 0 Å². The lowest BCUT2D eigenvalue weighted by molar-refractivity contribution is 0.141. The first kappa shape index (κ1) is 21.6. The zero-order valence-electron chi connectivity index (χ0n) is 19.3. The van der Waals surface area contributed by atoms with Crippen LogP contribution in [-0.2, 0) is 4.74 Å². The average molecular weight is 449 g/mol. The molecule has 1 aliphatic carbocycles. The van der Waals surface area contributed by atoms with E-state index in [-0.39, 0.29) is 18.2 Å². The van der Waals surface area contributed by atoms with Crippen molar-refractivity contribution in [2.75, 3.05) is 24.3 Å². The fourth-order valence-electron chi connectivity index (χ4n) is 4.65. The Hall–Kier alpha value is -3.19. The number of rotatable bonds is 6. The van der Waals surface area contributed by atoms with Crippen LogP contribution in [0.4, 0.5) is 16.2 Å². The number of nitrogens with zero attached hydrogens (tertiary/aromatic N) is 1. The van der Waals surface area contributed by atoms with Crippen molar-refractivity contribution < 1.29 is 14.3 Å². The van der Waals surface area contributed by atoms with Crippen LogP contribution < -0.4 is 21.1 Å². The minimum absolute atomic E-state index is 0.0809. The second kappa shape index (κ2) is 8.98. The summed E-state index contributed by atoms with van der Waals surface area (Å²) in [7, 11) is 0. The van der Waals surface area contributed by atoms with Crippen LogP contribution in [0.2, 0.25) is 0 Å². The van der Waals surface area contributed by atoms with Gasteiger partial charge in [0.25, 0.3) is 0 Å². The van der Waals surface area contributed by atoms with Crippen molar-refractivity contribution in [3.8, 4) is 17.0 Å². The molecule has 2 aromatic carbocycles.